The third-order valence-corrected chi connectivity index (χ3v) is 4.06. The van der Waals surface area contributed by atoms with Crippen molar-refractivity contribution in [3.8, 4) is 5.75 Å². The molecule has 1 aromatic carbocycles. The minimum Gasteiger partial charge on any atom is -0.504 e. The molecule has 0 aliphatic carbocycles. The summed E-state index contributed by atoms with van der Waals surface area (Å²) in [6.07, 6.45) is 3.29. The van der Waals surface area contributed by atoms with Crippen molar-refractivity contribution in [3.05, 3.63) is 53.4 Å². The van der Waals surface area contributed by atoms with Gasteiger partial charge in [-0.3, -0.25) is 4.79 Å². The van der Waals surface area contributed by atoms with Crippen molar-refractivity contribution in [2.75, 3.05) is 5.32 Å². The van der Waals surface area contributed by atoms with Crippen LogP contribution in [0.5, 0.6) is 5.75 Å². The molecular formula is C19H20N2O3. The summed E-state index contributed by atoms with van der Waals surface area (Å²) < 4.78 is 5.59. The number of furan rings is 1. The van der Waals surface area contributed by atoms with E-state index < -0.39 is 0 Å². The van der Waals surface area contributed by atoms with Gasteiger partial charge >= 0.3 is 0 Å². The molecule has 24 heavy (non-hydrogen) atoms. The number of nitrogens with one attached hydrogen (secondary N) is 1. The van der Waals surface area contributed by atoms with E-state index in [9.17, 15) is 9.90 Å². The van der Waals surface area contributed by atoms with Crippen molar-refractivity contribution in [2.24, 2.45) is 0 Å². The Morgan fingerprint density at radius 3 is 2.88 bits per heavy atom. The number of anilines is 1. The van der Waals surface area contributed by atoms with Gasteiger partial charge in [0.05, 0.1) is 12.7 Å². The molecule has 1 amide bonds. The van der Waals surface area contributed by atoms with Crippen LogP contribution in [0.4, 0.5) is 5.82 Å². The predicted octanol–water partition coefficient (Wildman–Crippen LogP) is 4.15. The Labute approximate surface area is 140 Å². The second-order valence-corrected chi connectivity index (χ2v) is 6.22. The number of carbonyl (C=O) groups excluding carboxylic acids is 1. The van der Waals surface area contributed by atoms with Gasteiger partial charge in [0.25, 0.3) is 0 Å². The number of rotatable bonds is 4. The first-order valence-electron chi connectivity index (χ1n) is 7.90. The molecule has 0 aliphatic rings. The number of hydrogen-bond donors (Lipinski definition) is 2. The second kappa shape index (κ2) is 6.35. The van der Waals surface area contributed by atoms with E-state index >= 15 is 0 Å². The zero-order chi connectivity index (χ0) is 17.3. The Balaban J connectivity index is 1.86. The SMILES string of the molecule is Cc1cc2occ(CC(=O)Nc3ncccc3O)c2cc1C(C)C. The van der Waals surface area contributed by atoms with E-state index in [1.54, 1.807) is 12.3 Å². The summed E-state index contributed by atoms with van der Waals surface area (Å²) in [4.78, 5) is 16.2. The van der Waals surface area contributed by atoms with Crippen LogP contribution in [0.1, 0.15) is 36.5 Å². The van der Waals surface area contributed by atoms with Crippen molar-refractivity contribution >= 4 is 22.7 Å². The number of hydrogen-bond acceptors (Lipinski definition) is 4. The third kappa shape index (κ3) is 3.11. The van der Waals surface area contributed by atoms with Gasteiger partial charge in [0.2, 0.25) is 5.91 Å². The van der Waals surface area contributed by atoms with Crippen LogP contribution in [-0.2, 0) is 11.2 Å². The van der Waals surface area contributed by atoms with Gasteiger partial charge in [0.1, 0.15) is 5.58 Å². The summed E-state index contributed by atoms with van der Waals surface area (Å²) in [6.45, 7) is 6.35. The van der Waals surface area contributed by atoms with E-state index in [4.69, 9.17) is 4.42 Å². The number of aromatic hydroxyl groups is 1. The van der Waals surface area contributed by atoms with Gasteiger partial charge < -0.3 is 14.8 Å². The molecule has 0 bridgehead atoms. The van der Waals surface area contributed by atoms with Crippen LogP contribution in [-0.4, -0.2) is 16.0 Å². The highest BCUT2D eigenvalue weighted by Gasteiger charge is 2.15. The molecule has 0 spiro atoms. The highest BCUT2D eigenvalue weighted by molar-refractivity contribution is 5.95. The average Bonchev–Trinajstić information content (AvgIpc) is 2.90. The lowest BCUT2D eigenvalue weighted by molar-refractivity contribution is -0.115. The van der Waals surface area contributed by atoms with Gasteiger partial charge in [-0.05, 0) is 48.2 Å². The Morgan fingerprint density at radius 1 is 1.38 bits per heavy atom. The van der Waals surface area contributed by atoms with Crippen molar-refractivity contribution in [3.63, 3.8) is 0 Å². The lowest BCUT2D eigenvalue weighted by Gasteiger charge is -2.10. The maximum Gasteiger partial charge on any atom is 0.230 e. The second-order valence-electron chi connectivity index (χ2n) is 6.22. The normalized spacial score (nSPS) is 11.2. The highest BCUT2D eigenvalue weighted by Crippen LogP contribution is 2.29. The topological polar surface area (TPSA) is 75.4 Å². The molecule has 5 nitrogen and oxygen atoms in total. The molecule has 0 saturated carbocycles. The summed E-state index contributed by atoms with van der Waals surface area (Å²) in [5.41, 5.74) is 4.02. The minimum atomic E-state index is -0.252. The minimum absolute atomic E-state index is 0.0550. The Morgan fingerprint density at radius 2 is 2.17 bits per heavy atom. The van der Waals surface area contributed by atoms with E-state index in [0.717, 1.165) is 16.5 Å². The molecule has 5 heteroatoms. The summed E-state index contributed by atoms with van der Waals surface area (Å²) in [5, 5.41) is 13.3. The lowest BCUT2D eigenvalue weighted by atomic mass is 9.95. The fourth-order valence-corrected chi connectivity index (χ4v) is 2.85. The third-order valence-electron chi connectivity index (χ3n) is 4.06. The van der Waals surface area contributed by atoms with Gasteiger partial charge in [-0.2, -0.15) is 0 Å². The molecule has 0 unspecified atom stereocenters. The van der Waals surface area contributed by atoms with Crippen LogP contribution in [0.25, 0.3) is 11.0 Å². The molecular weight excluding hydrogens is 304 g/mol. The van der Waals surface area contributed by atoms with Crippen LogP contribution in [0.2, 0.25) is 0 Å². The van der Waals surface area contributed by atoms with E-state index in [1.165, 1.54) is 23.4 Å². The number of fused-ring (bicyclic) bond motifs is 1. The average molecular weight is 324 g/mol. The van der Waals surface area contributed by atoms with Crippen LogP contribution < -0.4 is 5.32 Å². The number of carbonyl (C=O) groups is 1. The lowest BCUT2D eigenvalue weighted by Crippen LogP contribution is -2.15. The number of aryl methyl sites for hydroxylation is 1. The van der Waals surface area contributed by atoms with E-state index in [1.807, 2.05) is 6.07 Å². The van der Waals surface area contributed by atoms with E-state index in [2.05, 4.69) is 37.1 Å². The first-order valence-corrected chi connectivity index (χ1v) is 7.90. The maximum absolute atomic E-state index is 12.3. The van der Waals surface area contributed by atoms with Gasteiger partial charge in [-0.15, -0.1) is 0 Å². The quantitative estimate of drug-likeness (QED) is 0.756. The molecule has 2 heterocycles. The summed E-state index contributed by atoms with van der Waals surface area (Å²) in [5.74, 6) is 0.254. The van der Waals surface area contributed by atoms with Gasteiger partial charge in [-0.25, -0.2) is 4.98 Å². The number of benzene rings is 1. The number of nitrogens with zero attached hydrogens (tertiary/aromatic N) is 1. The van der Waals surface area contributed by atoms with Crippen LogP contribution >= 0.6 is 0 Å². The molecule has 0 radical (unpaired) electrons. The van der Waals surface area contributed by atoms with Crippen LogP contribution in [0.3, 0.4) is 0 Å². The van der Waals surface area contributed by atoms with Crippen molar-refractivity contribution in [1.29, 1.82) is 0 Å². The largest absolute Gasteiger partial charge is 0.504 e. The summed E-state index contributed by atoms with van der Waals surface area (Å²) in [6, 6.07) is 7.19. The Hall–Kier alpha value is -2.82. The molecule has 3 aromatic rings. The fraction of sp³-hybridized carbons (Fsp3) is 0.263. The fourth-order valence-electron chi connectivity index (χ4n) is 2.85. The molecule has 0 saturated heterocycles. The van der Waals surface area contributed by atoms with Crippen molar-refractivity contribution in [2.45, 2.75) is 33.1 Å². The van der Waals surface area contributed by atoms with Gasteiger partial charge in [0, 0.05) is 17.1 Å². The Kier molecular flexibility index (Phi) is 4.25. The first-order chi connectivity index (χ1) is 11.5. The molecule has 0 fully saturated rings. The Bertz CT molecular complexity index is 897. The number of amides is 1. The highest BCUT2D eigenvalue weighted by atomic mass is 16.3. The van der Waals surface area contributed by atoms with Crippen molar-refractivity contribution < 1.29 is 14.3 Å². The monoisotopic (exact) mass is 324 g/mol. The summed E-state index contributed by atoms with van der Waals surface area (Å²) >= 11 is 0. The number of aromatic nitrogens is 1. The first kappa shape index (κ1) is 16.1. The number of pyridine rings is 1. The molecule has 3 rings (SSSR count). The smallest absolute Gasteiger partial charge is 0.230 e. The van der Waals surface area contributed by atoms with Crippen LogP contribution in [0.15, 0.2) is 41.1 Å². The van der Waals surface area contributed by atoms with Crippen LogP contribution in [0, 0.1) is 6.92 Å². The molecule has 2 aromatic heterocycles. The molecule has 0 aliphatic heterocycles. The van der Waals surface area contributed by atoms with E-state index in [-0.39, 0.29) is 23.9 Å². The maximum atomic E-state index is 12.3. The molecule has 124 valence electrons. The molecule has 0 atom stereocenters. The molecule has 2 N–H and O–H groups in total. The van der Waals surface area contributed by atoms with Gasteiger partial charge in [-0.1, -0.05) is 13.8 Å². The van der Waals surface area contributed by atoms with Gasteiger partial charge in [0.15, 0.2) is 11.6 Å². The summed E-state index contributed by atoms with van der Waals surface area (Å²) in [7, 11) is 0. The predicted molar refractivity (Wildman–Crippen MR) is 93.3 cm³/mol. The van der Waals surface area contributed by atoms with E-state index in [0.29, 0.717) is 5.92 Å². The zero-order valence-electron chi connectivity index (χ0n) is 14.0. The van der Waals surface area contributed by atoms with Crippen molar-refractivity contribution in [1.82, 2.24) is 4.98 Å². The zero-order valence-corrected chi connectivity index (χ0v) is 14.0. The standard InChI is InChI=1S/C19H20N2O3/c1-11(2)14-9-15-13(10-24-17(15)7-12(14)3)8-18(23)21-19-16(22)5-4-6-20-19/h4-7,9-11,22H,8H2,1-3H3,(H,20,21,23).